The van der Waals surface area contributed by atoms with Crippen LogP contribution in [0.1, 0.15) is 20.3 Å². The van der Waals surface area contributed by atoms with Gasteiger partial charge < -0.3 is 19.9 Å². The summed E-state index contributed by atoms with van der Waals surface area (Å²) in [6.45, 7) is 3.71. The quantitative estimate of drug-likeness (QED) is 0.737. The summed E-state index contributed by atoms with van der Waals surface area (Å²) in [5.74, 6) is 0.382. The van der Waals surface area contributed by atoms with Gasteiger partial charge in [-0.25, -0.2) is 4.79 Å². The fourth-order valence-electron chi connectivity index (χ4n) is 1.69. The van der Waals surface area contributed by atoms with E-state index in [-0.39, 0.29) is 5.97 Å². The number of aliphatic hydroxyl groups is 1. The third kappa shape index (κ3) is 5.18. The molecular weight excluding hydrogens is 246 g/mol. The van der Waals surface area contributed by atoms with E-state index < -0.39 is 12.1 Å². The van der Waals surface area contributed by atoms with Crippen LogP contribution >= 0.6 is 0 Å². The second-order valence-electron chi connectivity index (χ2n) is 4.26. The largest absolute Gasteiger partial charge is 0.497 e. The molecule has 0 aliphatic carbocycles. The number of carbonyl (C=O) groups excluding carboxylic acids is 1. The predicted octanol–water partition coefficient (Wildman–Crippen LogP) is 1.81. The van der Waals surface area contributed by atoms with Gasteiger partial charge in [0, 0.05) is 12.1 Å². The monoisotopic (exact) mass is 267 g/mol. The zero-order chi connectivity index (χ0) is 14.3. The van der Waals surface area contributed by atoms with Crippen LogP contribution in [0.4, 0.5) is 5.69 Å². The summed E-state index contributed by atoms with van der Waals surface area (Å²) < 4.78 is 10.1. The molecule has 0 saturated heterocycles. The van der Waals surface area contributed by atoms with Gasteiger partial charge in [-0.2, -0.15) is 0 Å². The van der Waals surface area contributed by atoms with Gasteiger partial charge in [0.05, 0.1) is 19.8 Å². The van der Waals surface area contributed by atoms with Gasteiger partial charge in [0.1, 0.15) is 11.8 Å². The molecule has 2 N–H and O–H groups in total. The van der Waals surface area contributed by atoms with Gasteiger partial charge in [0.25, 0.3) is 0 Å². The van der Waals surface area contributed by atoms with Crippen molar-refractivity contribution in [1.82, 2.24) is 0 Å². The average molecular weight is 267 g/mol. The summed E-state index contributed by atoms with van der Waals surface area (Å²) in [5, 5.41) is 12.5. The molecule has 1 aromatic carbocycles. The summed E-state index contributed by atoms with van der Waals surface area (Å²) in [6, 6.07) is 6.66. The molecular formula is C14H21NO4. The molecule has 0 spiro atoms. The summed E-state index contributed by atoms with van der Waals surface area (Å²) in [7, 11) is 1.59. The Balaban J connectivity index is 2.72. The molecule has 5 heteroatoms. The second kappa shape index (κ2) is 7.63. The first-order valence-corrected chi connectivity index (χ1v) is 6.32. The lowest BCUT2D eigenvalue weighted by molar-refractivity contribution is -0.144. The fourth-order valence-corrected chi connectivity index (χ4v) is 1.69. The highest BCUT2D eigenvalue weighted by Gasteiger charge is 2.21. The normalized spacial score (nSPS) is 13.5. The highest BCUT2D eigenvalue weighted by atomic mass is 16.5. The van der Waals surface area contributed by atoms with E-state index in [9.17, 15) is 9.90 Å². The third-order valence-corrected chi connectivity index (χ3v) is 2.58. The molecule has 1 rings (SSSR count). The highest BCUT2D eigenvalue weighted by Crippen LogP contribution is 2.17. The molecule has 19 heavy (non-hydrogen) atoms. The molecule has 0 aliphatic rings. The van der Waals surface area contributed by atoms with Crippen LogP contribution in [-0.2, 0) is 9.53 Å². The molecule has 0 radical (unpaired) electrons. The molecule has 0 heterocycles. The van der Waals surface area contributed by atoms with Gasteiger partial charge >= 0.3 is 5.97 Å². The Morgan fingerprint density at radius 1 is 1.37 bits per heavy atom. The van der Waals surface area contributed by atoms with Gasteiger partial charge in [-0.05, 0) is 38.1 Å². The number of benzene rings is 1. The van der Waals surface area contributed by atoms with Gasteiger partial charge in [0.2, 0.25) is 0 Å². The number of aliphatic hydroxyl groups excluding tert-OH is 1. The minimum absolute atomic E-state index is 0.296. The molecule has 0 aliphatic heterocycles. The number of hydrogen-bond donors (Lipinski definition) is 2. The van der Waals surface area contributed by atoms with E-state index in [0.717, 1.165) is 11.4 Å². The lowest BCUT2D eigenvalue weighted by Crippen LogP contribution is -2.34. The van der Waals surface area contributed by atoms with Crippen molar-refractivity contribution < 1.29 is 19.4 Å². The predicted molar refractivity (Wildman–Crippen MR) is 73.3 cm³/mol. The number of nitrogens with one attached hydrogen (secondary N) is 1. The molecule has 106 valence electrons. The van der Waals surface area contributed by atoms with Gasteiger partial charge in [-0.1, -0.05) is 0 Å². The zero-order valence-electron chi connectivity index (χ0n) is 11.6. The Kier molecular flexibility index (Phi) is 6.15. The van der Waals surface area contributed by atoms with Crippen molar-refractivity contribution in [2.45, 2.75) is 32.4 Å². The molecule has 1 aromatic rings. The summed E-state index contributed by atoms with van der Waals surface area (Å²) >= 11 is 0. The summed E-state index contributed by atoms with van der Waals surface area (Å²) in [4.78, 5) is 11.8. The number of esters is 1. The highest BCUT2D eigenvalue weighted by molar-refractivity contribution is 5.79. The molecule has 2 atom stereocenters. The lowest BCUT2D eigenvalue weighted by Gasteiger charge is -2.19. The maximum atomic E-state index is 11.8. The van der Waals surface area contributed by atoms with Crippen LogP contribution < -0.4 is 10.1 Å². The molecule has 0 saturated carbocycles. The van der Waals surface area contributed by atoms with Crippen molar-refractivity contribution in [2.24, 2.45) is 0 Å². The number of carbonyl (C=O) groups is 1. The van der Waals surface area contributed by atoms with E-state index >= 15 is 0 Å². The van der Waals surface area contributed by atoms with Crippen molar-refractivity contribution >= 4 is 11.7 Å². The topological polar surface area (TPSA) is 67.8 Å². The Bertz CT molecular complexity index is 389. The second-order valence-corrected chi connectivity index (χ2v) is 4.26. The number of ether oxygens (including phenoxy) is 2. The molecule has 0 amide bonds. The average Bonchev–Trinajstić information content (AvgIpc) is 2.38. The molecule has 0 bridgehead atoms. The van der Waals surface area contributed by atoms with E-state index in [1.165, 1.54) is 0 Å². The maximum absolute atomic E-state index is 11.8. The number of hydrogen-bond acceptors (Lipinski definition) is 5. The van der Waals surface area contributed by atoms with E-state index in [0.29, 0.717) is 13.0 Å². The van der Waals surface area contributed by atoms with Crippen molar-refractivity contribution in [3.8, 4) is 5.75 Å². The fraction of sp³-hybridized carbons (Fsp3) is 0.500. The molecule has 0 fully saturated rings. The van der Waals surface area contributed by atoms with E-state index in [1.807, 2.05) is 12.1 Å². The van der Waals surface area contributed by atoms with Crippen molar-refractivity contribution in [1.29, 1.82) is 0 Å². The Labute approximate surface area is 113 Å². The number of rotatable bonds is 7. The molecule has 5 nitrogen and oxygen atoms in total. The van der Waals surface area contributed by atoms with Crippen LogP contribution in [0.5, 0.6) is 5.75 Å². The van der Waals surface area contributed by atoms with Crippen LogP contribution in [0.2, 0.25) is 0 Å². The Morgan fingerprint density at radius 2 is 2.00 bits per heavy atom. The van der Waals surface area contributed by atoms with E-state index in [4.69, 9.17) is 9.47 Å². The van der Waals surface area contributed by atoms with Crippen molar-refractivity contribution in [3.05, 3.63) is 24.3 Å². The third-order valence-electron chi connectivity index (χ3n) is 2.58. The van der Waals surface area contributed by atoms with Crippen LogP contribution in [-0.4, -0.2) is 36.9 Å². The van der Waals surface area contributed by atoms with Gasteiger partial charge in [-0.15, -0.1) is 0 Å². The molecule has 0 aromatic heterocycles. The Hall–Kier alpha value is -1.75. The summed E-state index contributed by atoms with van der Waals surface area (Å²) in [6.07, 6.45) is -0.287. The SMILES string of the molecule is CCOC(=O)[C@@H](C[C@H](C)O)Nc1ccc(OC)cc1. The van der Waals surface area contributed by atoms with Crippen LogP contribution in [0, 0.1) is 0 Å². The first kappa shape index (κ1) is 15.3. The maximum Gasteiger partial charge on any atom is 0.328 e. The van der Waals surface area contributed by atoms with Crippen molar-refractivity contribution in [2.75, 3.05) is 19.0 Å². The standard InChI is InChI=1S/C14H21NO4/c1-4-19-14(17)13(9-10(2)16)15-11-5-7-12(18-3)8-6-11/h5-8,10,13,15-16H,4,9H2,1-3H3/t10-,13+/m0/s1. The smallest absolute Gasteiger partial charge is 0.328 e. The number of methoxy groups -OCH3 is 1. The minimum atomic E-state index is -0.583. The number of anilines is 1. The van der Waals surface area contributed by atoms with Gasteiger partial charge in [-0.3, -0.25) is 0 Å². The van der Waals surface area contributed by atoms with Crippen molar-refractivity contribution in [3.63, 3.8) is 0 Å². The lowest BCUT2D eigenvalue weighted by atomic mass is 10.1. The van der Waals surface area contributed by atoms with Crippen LogP contribution in [0.3, 0.4) is 0 Å². The molecule has 0 unspecified atom stereocenters. The van der Waals surface area contributed by atoms with E-state index in [2.05, 4.69) is 5.32 Å². The first-order valence-electron chi connectivity index (χ1n) is 6.32. The van der Waals surface area contributed by atoms with Crippen LogP contribution in [0.25, 0.3) is 0 Å². The zero-order valence-corrected chi connectivity index (χ0v) is 11.6. The van der Waals surface area contributed by atoms with Crippen LogP contribution in [0.15, 0.2) is 24.3 Å². The van der Waals surface area contributed by atoms with E-state index in [1.54, 1.807) is 33.1 Å². The first-order chi connectivity index (χ1) is 9.06. The minimum Gasteiger partial charge on any atom is -0.497 e. The summed E-state index contributed by atoms with van der Waals surface area (Å²) in [5.41, 5.74) is 0.777. The Morgan fingerprint density at radius 3 is 2.47 bits per heavy atom. The van der Waals surface area contributed by atoms with Gasteiger partial charge in [0.15, 0.2) is 0 Å².